The van der Waals surface area contributed by atoms with E-state index in [4.69, 9.17) is 9.97 Å². The van der Waals surface area contributed by atoms with E-state index in [-0.39, 0.29) is 0 Å². The van der Waals surface area contributed by atoms with Crippen LogP contribution in [0.1, 0.15) is 22.0 Å². The van der Waals surface area contributed by atoms with Gasteiger partial charge in [0.15, 0.2) is 11.5 Å². The molecule has 0 bridgehead atoms. The van der Waals surface area contributed by atoms with Crippen LogP contribution in [0.25, 0.3) is 22.4 Å². The maximum Gasteiger partial charge on any atom is 0.164 e. The lowest BCUT2D eigenvalue weighted by molar-refractivity contribution is 0.786. The number of nitrogens with zero attached hydrogens (tertiary/aromatic N) is 6. The molecule has 0 saturated heterocycles. The monoisotopic (exact) mass is 377 g/mol. The van der Waals surface area contributed by atoms with Crippen LogP contribution in [0.15, 0.2) is 30.7 Å². The Hall–Kier alpha value is -2.87. The smallest absolute Gasteiger partial charge is 0.164 e. The van der Waals surface area contributed by atoms with E-state index < -0.39 is 0 Å². The number of thiazole rings is 1. The van der Waals surface area contributed by atoms with Crippen molar-refractivity contribution in [1.29, 1.82) is 0 Å². The molecule has 7 nitrogen and oxygen atoms in total. The highest BCUT2D eigenvalue weighted by Gasteiger charge is 2.17. The molecule has 4 heterocycles. The molecule has 0 fully saturated rings. The van der Waals surface area contributed by atoms with Gasteiger partial charge in [-0.15, -0.1) is 11.3 Å². The highest BCUT2D eigenvalue weighted by molar-refractivity contribution is 7.11. The third kappa shape index (κ3) is 3.06. The standard InChI is InChI=1S/C19H19N7S/c1-26-19-13(11-22-26)18(24-17(25-19)12-5-8-20-9-6-12)21-10-7-16-23-14-3-2-4-15(14)27-16/h5-6,8-9,11H,2-4,7,10H2,1H3,(H,21,24,25). The minimum Gasteiger partial charge on any atom is -0.369 e. The SMILES string of the molecule is Cn1ncc2c(NCCc3nc4c(s3)CCC4)nc(-c3ccncc3)nc21. The average Bonchev–Trinajstić information content (AvgIpc) is 3.38. The molecule has 1 aliphatic carbocycles. The van der Waals surface area contributed by atoms with E-state index in [9.17, 15) is 0 Å². The molecule has 4 aromatic heterocycles. The first-order valence-electron chi connectivity index (χ1n) is 9.09. The van der Waals surface area contributed by atoms with E-state index in [1.807, 2.05) is 36.7 Å². The topological polar surface area (TPSA) is 81.4 Å². The first-order valence-corrected chi connectivity index (χ1v) is 9.91. The van der Waals surface area contributed by atoms with Crippen molar-refractivity contribution in [3.63, 3.8) is 0 Å². The summed E-state index contributed by atoms with van der Waals surface area (Å²) >= 11 is 1.86. The Labute approximate surface area is 160 Å². The minimum absolute atomic E-state index is 0.671. The molecule has 0 aromatic carbocycles. The van der Waals surface area contributed by atoms with Gasteiger partial charge in [0.05, 0.1) is 22.3 Å². The quantitative estimate of drug-likeness (QED) is 0.576. The Morgan fingerprint density at radius 3 is 2.89 bits per heavy atom. The molecular formula is C19H19N7S. The molecular weight excluding hydrogens is 358 g/mol. The van der Waals surface area contributed by atoms with Gasteiger partial charge in [0.2, 0.25) is 0 Å². The van der Waals surface area contributed by atoms with Crippen LogP contribution in [0.5, 0.6) is 0 Å². The van der Waals surface area contributed by atoms with Gasteiger partial charge in [0.25, 0.3) is 0 Å². The fourth-order valence-electron chi connectivity index (χ4n) is 3.43. The molecule has 0 radical (unpaired) electrons. The molecule has 8 heteroatoms. The van der Waals surface area contributed by atoms with Crippen LogP contribution in [-0.4, -0.2) is 36.3 Å². The van der Waals surface area contributed by atoms with Gasteiger partial charge in [-0.3, -0.25) is 9.67 Å². The molecule has 136 valence electrons. The zero-order valence-corrected chi connectivity index (χ0v) is 15.8. The summed E-state index contributed by atoms with van der Waals surface area (Å²) in [6.07, 6.45) is 9.79. The van der Waals surface area contributed by atoms with Gasteiger partial charge in [-0.05, 0) is 31.4 Å². The van der Waals surface area contributed by atoms with Crippen LogP contribution in [0.2, 0.25) is 0 Å². The van der Waals surface area contributed by atoms with Crippen LogP contribution >= 0.6 is 11.3 Å². The zero-order valence-electron chi connectivity index (χ0n) is 15.0. The number of anilines is 1. The lowest BCUT2D eigenvalue weighted by Crippen LogP contribution is -2.08. The van der Waals surface area contributed by atoms with Gasteiger partial charge < -0.3 is 5.32 Å². The molecule has 0 saturated carbocycles. The maximum atomic E-state index is 4.78. The van der Waals surface area contributed by atoms with Crippen molar-refractivity contribution >= 4 is 28.2 Å². The Balaban J connectivity index is 1.41. The number of aromatic nitrogens is 6. The highest BCUT2D eigenvalue weighted by atomic mass is 32.1. The predicted molar refractivity (Wildman–Crippen MR) is 106 cm³/mol. The summed E-state index contributed by atoms with van der Waals surface area (Å²) in [4.78, 5) is 19.7. The van der Waals surface area contributed by atoms with Crippen LogP contribution in [0.4, 0.5) is 5.82 Å². The van der Waals surface area contributed by atoms with Gasteiger partial charge in [0.1, 0.15) is 5.82 Å². The van der Waals surface area contributed by atoms with Crippen molar-refractivity contribution in [1.82, 2.24) is 29.7 Å². The van der Waals surface area contributed by atoms with Crippen molar-refractivity contribution in [2.75, 3.05) is 11.9 Å². The Kier molecular flexibility index (Phi) is 4.05. The first-order chi connectivity index (χ1) is 13.3. The van der Waals surface area contributed by atoms with Crippen molar-refractivity contribution in [2.24, 2.45) is 7.05 Å². The van der Waals surface area contributed by atoms with Crippen molar-refractivity contribution in [2.45, 2.75) is 25.7 Å². The maximum absolute atomic E-state index is 4.78. The van der Waals surface area contributed by atoms with Gasteiger partial charge in [-0.1, -0.05) is 0 Å². The normalized spacial score (nSPS) is 13.2. The van der Waals surface area contributed by atoms with Gasteiger partial charge in [0, 0.05) is 42.8 Å². The lowest BCUT2D eigenvalue weighted by atomic mass is 10.2. The second kappa shape index (κ2) is 6.70. The van der Waals surface area contributed by atoms with Gasteiger partial charge in [-0.25, -0.2) is 15.0 Å². The summed E-state index contributed by atoms with van der Waals surface area (Å²) in [5, 5.41) is 9.95. The molecule has 5 rings (SSSR count). The first kappa shape index (κ1) is 16.3. The Morgan fingerprint density at radius 1 is 1.15 bits per heavy atom. The molecule has 1 aliphatic rings. The number of fused-ring (bicyclic) bond motifs is 2. The third-order valence-electron chi connectivity index (χ3n) is 4.80. The van der Waals surface area contributed by atoms with Crippen molar-refractivity contribution in [3.05, 3.63) is 46.3 Å². The summed E-state index contributed by atoms with van der Waals surface area (Å²) in [6.45, 7) is 0.781. The summed E-state index contributed by atoms with van der Waals surface area (Å²) in [5.74, 6) is 1.48. The minimum atomic E-state index is 0.671. The zero-order chi connectivity index (χ0) is 18.2. The van der Waals surface area contributed by atoms with E-state index >= 15 is 0 Å². The van der Waals surface area contributed by atoms with Crippen LogP contribution in [0.3, 0.4) is 0 Å². The molecule has 0 unspecified atom stereocenters. The summed E-state index contributed by atoms with van der Waals surface area (Å²) in [5.41, 5.74) is 3.06. The molecule has 0 atom stereocenters. The third-order valence-corrected chi connectivity index (χ3v) is 6.02. The van der Waals surface area contributed by atoms with Crippen molar-refractivity contribution < 1.29 is 0 Å². The fourth-order valence-corrected chi connectivity index (χ4v) is 4.58. The largest absolute Gasteiger partial charge is 0.369 e. The molecule has 1 N–H and O–H groups in total. The number of aryl methyl sites for hydroxylation is 3. The molecule has 0 amide bonds. The van der Waals surface area contributed by atoms with E-state index in [1.165, 1.54) is 28.4 Å². The molecule has 0 spiro atoms. The fraction of sp³-hybridized carbons (Fsp3) is 0.316. The van der Waals surface area contributed by atoms with E-state index in [0.717, 1.165) is 41.8 Å². The van der Waals surface area contributed by atoms with Gasteiger partial charge >= 0.3 is 0 Å². The number of nitrogens with one attached hydrogen (secondary N) is 1. The summed E-state index contributed by atoms with van der Waals surface area (Å²) in [6, 6.07) is 3.83. The molecule has 27 heavy (non-hydrogen) atoms. The second-order valence-electron chi connectivity index (χ2n) is 6.64. The lowest BCUT2D eigenvalue weighted by Gasteiger charge is -2.08. The van der Waals surface area contributed by atoms with Crippen LogP contribution in [-0.2, 0) is 26.3 Å². The van der Waals surface area contributed by atoms with E-state index in [0.29, 0.717) is 5.82 Å². The van der Waals surface area contributed by atoms with Crippen LogP contribution < -0.4 is 5.32 Å². The van der Waals surface area contributed by atoms with Crippen molar-refractivity contribution in [3.8, 4) is 11.4 Å². The molecule has 0 aliphatic heterocycles. The van der Waals surface area contributed by atoms with E-state index in [2.05, 4.69) is 20.4 Å². The number of hydrogen-bond acceptors (Lipinski definition) is 7. The highest BCUT2D eigenvalue weighted by Crippen LogP contribution is 2.28. The van der Waals surface area contributed by atoms with Crippen LogP contribution in [0, 0.1) is 0 Å². The predicted octanol–water partition coefficient (Wildman–Crippen LogP) is 3.03. The van der Waals surface area contributed by atoms with E-state index in [1.54, 1.807) is 17.1 Å². The number of hydrogen-bond donors (Lipinski definition) is 1. The Morgan fingerprint density at radius 2 is 2.04 bits per heavy atom. The van der Waals surface area contributed by atoms with Gasteiger partial charge in [-0.2, -0.15) is 5.10 Å². The Bertz CT molecular complexity index is 1080. The second-order valence-corrected chi connectivity index (χ2v) is 7.81. The number of rotatable bonds is 5. The molecule has 4 aromatic rings. The summed E-state index contributed by atoms with van der Waals surface area (Å²) in [7, 11) is 1.90. The average molecular weight is 377 g/mol. The summed E-state index contributed by atoms with van der Waals surface area (Å²) < 4.78 is 1.78. The number of pyridine rings is 1.